The van der Waals surface area contributed by atoms with Gasteiger partial charge in [0.15, 0.2) is 0 Å². The summed E-state index contributed by atoms with van der Waals surface area (Å²) in [4.78, 5) is 16.7. The Morgan fingerprint density at radius 3 is 2.43 bits per heavy atom. The Morgan fingerprint density at radius 1 is 1.03 bits per heavy atom. The number of aromatic nitrogens is 1. The second kappa shape index (κ2) is 10.1. The lowest BCUT2D eigenvalue weighted by Crippen LogP contribution is -2.38. The molecule has 0 saturated carbocycles. The van der Waals surface area contributed by atoms with Gasteiger partial charge in [0.05, 0.1) is 6.20 Å². The van der Waals surface area contributed by atoms with Gasteiger partial charge < -0.3 is 5.32 Å². The van der Waals surface area contributed by atoms with Gasteiger partial charge in [-0.2, -0.15) is 0 Å². The van der Waals surface area contributed by atoms with E-state index in [1.807, 2.05) is 30.3 Å². The van der Waals surface area contributed by atoms with Gasteiger partial charge in [0.25, 0.3) is 0 Å². The van der Waals surface area contributed by atoms with Crippen molar-refractivity contribution in [3.63, 3.8) is 0 Å². The van der Waals surface area contributed by atoms with Crippen LogP contribution in [0.1, 0.15) is 40.9 Å². The van der Waals surface area contributed by atoms with Crippen LogP contribution in [0.2, 0.25) is 0 Å². The molecule has 1 heterocycles. The Labute approximate surface area is 175 Å². The van der Waals surface area contributed by atoms with Gasteiger partial charge in [-0.3, -0.25) is 15.1 Å². The van der Waals surface area contributed by atoms with E-state index in [2.05, 4.69) is 15.6 Å². The van der Waals surface area contributed by atoms with E-state index >= 15 is 0 Å². The van der Waals surface area contributed by atoms with Gasteiger partial charge in [-0.15, -0.1) is 0 Å². The smallest absolute Gasteiger partial charge is 0.241 e. The molecule has 156 valence electrons. The van der Waals surface area contributed by atoms with E-state index in [9.17, 15) is 13.6 Å². The van der Waals surface area contributed by atoms with Gasteiger partial charge in [-0.05, 0) is 54.7 Å². The number of nitrogens with zero attached hydrogens (tertiary/aromatic N) is 1. The summed E-state index contributed by atoms with van der Waals surface area (Å²) in [5.74, 6) is -0.820. The highest BCUT2D eigenvalue weighted by molar-refractivity contribution is 5.83. The second-order valence-electron chi connectivity index (χ2n) is 7.19. The van der Waals surface area contributed by atoms with E-state index in [0.29, 0.717) is 18.4 Å². The molecule has 0 unspecified atom stereocenters. The third-order valence-electron chi connectivity index (χ3n) is 5.07. The molecule has 2 N–H and O–H groups in total. The third kappa shape index (κ3) is 5.48. The van der Waals surface area contributed by atoms with Crippen molar-refractivity contribution in [2.75, 3.05) is 7.05 Å². The summed E-state index contributed by atoms with van der Waals surface area (Å²) in [6.07, 6.45) is 2.37. The van der Waals surface area contributed by atoms with Gasteiger partial charge in [0, 0.05) is 18.8 Å². The first kappa shape index (κ1) is 21.6. The normalized spacial score (nSPS) is 12.9. The molecule has 6 heteroatoms. The molecule has 1 aromatic heterocycles. The van der Waals surface area contributed by atoms with Crippen LogP contribution < -0.4 is 10.6 Å². The number of amides is 1. The number of aryl methyl sites for hydroxylation is 2. The molecule has 0 aliphatic carbocycles. The van der Waals surface area contributed by atoms with Gasteiger partial charge in [-0.25, -0.2) is 8.78 Å². The minimum absolute atomic E-state index is 0.162. The maximum absolute atomic E-state index is 13.8. The van der Waals surface area contributed by atoms with E-state index in [0.717, 1.165) is 16.8 Å². The largest absolute Gasteiger partial charge is 0.358 e. The molecule has 1 amide bonds. The molecule has 0 radical (unpaired) electrons. The molecule has 3 rings (SSSR count). The van der Waals surface area contributed by atoms with Crippen LogP contribution in [-0.2, 0) is 11.2 Å². The number of benzene rings is 2. The molecule has 0 bridgehead atoms. The average molecular weight is 409 g/mol. The maximum Gasteiger partial charge on any atom is 0.241 e. The molecule has 4 nitrogen and oxygen atoms in total. The first-order valence-electron chi connectivity index (χ1n) is 9.87. The number of carbonyl (C=O) groups is 1. The van der Waals surface area contributed by atoms with Crippen molar-refractivity contribution in [1.29, 1.82) is 0 Å². The molecule has 0 fully saturated rings. The minimum Gasteiger partial charge on any atom is -0.358 e. The zero-order valence-electron chi connectivity index (χ0n) is 17.0. The Balaban J connectivity index is 1.89. The third-order valence-corrected chi connectivity index (χ3v) is 5.07. The van der Waals surface area contributed by atoms with E-state index in [-0.39, 0.29) is 23.6 Å². The summed E-state index contributed by atoms with van der Waals surface area (Å²) in [6, 6.07) is 16.6. The summed E-state index contributed by atoms with van der Waals surface area (Å²) in [5, 5.41) is 6.13. The fourth-order valence-corrected chi connectivity index (χ4v) is 3.39. The van der Waals surface area contributed by atoms with E-state index in [1.165, 1.54) is 18.3 Å². The lowest BCUT2D eigenvalue weighted by molar-refractivity contribution is -0.123. The molecule has 0 aliphatic heterocycles. The summed E-state index contributed by atoms with van der Waals surface area (Å²) >= 11 is 0. The predicted octanol–water partition coefficient (Wildman–Crippen LogP) is 4.42. The van der Waals surface area contributed by atoms with Gasteiger partial charge in [0.2, 0.25) is 5.91 Å². The van der Waals surface area contributed by atoms with Crippen LogP contribution in [0.3, 0.4) is 0 Å². The fraction of sp³-hybridized carbons (Fsp3) is 0.250. The summed E-state index contributed by atoms with van der Waals surface area (Å²) < 4.78 is 27.0. The highest BCUT2D eigenvalue weighted by atomic mass is 19.1. The Kier molecular flexibility index (Phi) is 7.25. The number of nitrogens with one attached hydrogen (secondary N) is 2. The second-order valence-corrected chi connectivity index (χ2v) is 7.19. The summed E-state index contributed by atoms with van der Waals surface area (Å²) in [5.41, 5.74) is 3.00. The van der Waals surface area contributed by atoms with Gasteiger partial charge >= 0.3 is 0 Å². The number of hydrogen-bond donors (Lipinski definition) is 2. The number of pyridine rings is 1. The highest BCUT2D eigenvalue weighted by Gasteiger charge is 2.24. The topological polar surface area (TPSA) is 54.0 Å². The van der Waals surface area contributed by atoms with Crippen molar-refractivity contribution >= 4 is 5.91 Å². The molecule has 30 heavy (non-hydrogen) atoms. The Morgan fingerprint density at radius 2 is 1.80 bits per heavy atom. The minimum atomic E-state index is -0.576. The molecular formula is C24H25F2N3O. The van der Waals surface area contributed by atoms with Crippen LogP contribution in [0, 0.1) is 18.6 Å². The van der Waals surface area contributed by atoms with Crippen molar-refractivity contribution < 1.29 is 13.6 Å². The Bertz CT molecular complexity index is 978. The lowest BCUT2D eigenvalue weighted by Gasteiger charge is -2.26. The van der Waals surface area contributed by atoms with Crippen LogP contribution in [0.5, 0.6) is 0 Å². The zero-order chi connectivity index (χ0) is 21.5. The van der Waals surface area contributed by atoms with Crippen LogP contribution in [-0.4, -0.2) is 17.9 Å². The van der Waals surface area contributed by atoms with E-state index in [4.69, 9.17) is 0 Å². The predicted molar refractivity (Wildman–Crippen MR) is 113 cm³/mol. The zero-order valence-corrected chi connectivity index (χ0v) is 17.0. The van der Waals surface area contributed by atoms with Crippen LogP contribution >= 0.6 is 0 Å². The van der Waals surface area contributed by atoms with E-state index in [1.54, 1.807) is 32.2 Å². The van der Waals surface area contributed by atoms with Gasteiger partial charge in [0.1, 0.15) is 17.7 Å². The van der Waals surface area contributed by atoms with Crippen LogP contribution in [0.15, 0.2) is 66.9 Å². The molecule has 0 aliphatic rings. The van der Waals surface area contributed by atoms with Crippen molar-refractivity contribution in [3.8, 4) is 0 Å². The number of likely N-dealkylation sites (N-methyl/N-ethyl adjacent to an activating group) is 1. The monoisotopic (exact) mass is 409 g/mol. The van der Waals surface area contributed by atoms with Crippen molar-refractivity contribution in [1.82, 2.24) is 15.6 Å². The highest BCUT2D eigenvalue weighted by Crippen LogP contribution is 2.26. The fourth-order valence-electron chi connectivity index (χ4n) is 3.39. The van der Waals surface area contributed by atoms with Crippen molar-refractivity contribution in [2.45, 2.75) is 31.8 Å². The number of hydrogen-bond acceptors (Lipinski definition) is 3. The maximum atomic E-state index is 13.8. The quantitative estimate of drug-likeness (QED) is 0.579. The Hall–Kier alpha value is -3.12. The van der Waals surface area contributed by atoms with Crippen LogP contribution in [0.25, 0.3) is 0 Å². The number of halogens is 2. The average Bonchev–Trinajstić information content (AvgIpc) is 2.77. The summed E-state index contributed by atoms with van der Waals surface area (Å²) in [7, 11) is 1.60. The van der Waals surface area contributed by atoms with Crippen LogP contribution in [0.4, 0.5) is 8.78 Å². The van der Waals surface area contributed by atoms with Gasteiger partial charge in [-0.1, -0.05) is 42.5 Å². The van der Waals surface area contributed by atoms with E-state index < -0.39 is 6.04 Å². The molecule has 0 spiro atoms. The molecule has 0 saturated heterocycles. The SMILES string of the molecule is CNC(=O)[C@@H](N[C@@H](CCc1ccc(F)cn1)c1ccc(F)c(C)c1)c1ccccc1. The molecular weight excluding hydrogens is 384 g/mol. The van der Waals surface area contributed by atoms with Crippen molar-refractivity contribution in [2.24, 2.45) is 0 Å². The molecule has 2 atom stereocenters. The summed E-state index contributed by atoms with van der Waals surface area (Å²) in [6.45, 7) is 1.71. The number of carbonyl (C=O) groups excluding carboxylic acids is 1. The number of rotatable bonds is 8. The first-order valence-corrected chi connectivity index (χ1v) is 9.87. The molecule has 3 aromatic rings. The molecule has 2 aromatic carbocycles. The van der Waals surface area contributed by atoms with Crippen molar-refractivity contribution in [3.05, 3.63) is 101 Å². The standard InChI is InChI=1S/C24H25F2N3O/c1-16-14-18(8-12-21(16)26)22(13-11-20-10-9-19(25)15-28-20)29-23(24(30)27-2)17-6-4-3-5-7-17/h3-10,12,14-15,22-23,29H,11,13H2,1-2H3,(H,27,30)/t22-,23-/m0/s1. The lowest BCUT2D eigenvalue weighted by atomic mass is 9.96. The first-order chi connectivity index (χ1) is 14.5.